The van der Waals surface area contributed by atoms with E-state index in [1.807, 2.05) is 13.0 Å². The number of Topliss-reactive ketones (excluding diaryl/α,β-unsaturated/α-hetero) is 1. The fraction of sp³-hybridized carbons (Fsp3) is 0.833. The van der Waals surface area contributed by atoms with Gasteiger partial charge in [0, 0.05) is 19.4 Å². The summed E-state index contributed by atoms with van der Waals surface area (Å²) in [5.41, 5.74) is -0.776. The molecule has 0 aliphatic heterocycles. The lowest BCUT2D eigenvalue weighted by molar-refractivity contribution is -0.121. The summed E-state index contributed by atoms with van der Waals surface area (Å²) in [4.78, 5) is 23.5. The molecule has 2 N–H and O–H groups in total. The van der Waals surface area contributed by atoms with Crippen LogP contribution in [0.15, 0.2) is 12.2 Å². The Morgan fingerprint density at radius 2 is 1.90 bits per heavy atom. The van der Waals surface area contributed by atoms with E-state index in [0.717, 1.165) is 64.2 Å². The van der Waals surface area contributed by atoms with Gasteiger partial charge in [-0.25, -0.2) is 4.79 Å². The topological polar surface area (TPSA) is 75.6 Å². The molecule has 0 aromatic heterocycles. The Bertz CT molecular complexity index is 515. The van der Waals surface area contributed by atoms with Crippen molar-refractivity contribution in [2.45, 2.75) is 97.0 Å². The first kappa shape index (κ1) is 25.7. The maximum Gasteiger partial charge on any atom is 0.406 e. The zero-order valence-electron chi connectivity index (χ0n) is 19.0. The number of nitrogens with one attached hydrogen (secondary N) is 1. The normalized spacial score (nSPS) is 24.0. The van der Waals surface area contributed by atoms with Gasteiger partial charge in [0.15, 0.2) is 0 Å². The highest BCUT2D eigenvalue weighted by Gasteiger charge is 2.38. The minimum atomic E-state index is -0.776. The number of allylic oxidation sites excluding steroid dienone is 1. The van der Waals surface area contributed by atoms with Crippen molar-refractivity contribution in [1.29, 1.82) is 0 Å². The molecule has 0 unspecified atom stereocenters. The smallest absolute Gasteiger partial charge is 0.406 e. The second-order valence-corrected chi connectivity index (χ2v) is 8.95. The third-order valence-corrected chi connectivity index (χ3v) is 6.12. The van der Waals surface area contributed by atoms with Gasteiger partial charge in [0.2, 0.25) is 0 Å². The van der Waals surface area contributed by atoms with Gasteiger partial charge in [-0.1, -0.05) is 70.9 Å². The number of unbranched alkanes of at least 4 members (excludes halogenated alkanes) is 6. The molecule has 5 nitrogen and oxygen atoms in total. The molecule has 168 valence electrons. The lowest BCUT2D eigenvalue weighted by Gasteiger charge is -2.22. The Morgan fingerprint density at radius 3 is 2.59 bits per heavy atom. The summed E-state index contributed by atoms with van der Waals surface area (Å²) >= 11 is 0. The van der Waals surface area contributed by atoms with Gasteiger partial charge in [0.05, 0.1) is 12.2 Å². The molecule has 1 aliphatic carbocycles. The van der Waals surface area contributed by atoms with Crippen molar-refractivity contribution in [2.75, 3.05) is 13.7 Å². The highest BCUT2D eigenvalue weighted by atomic mass is 16.5. The molecule has 1 fully saturated rings. The van der Waals surface area contributed by atoms with Gasteiger partial charge in [-0.05, 0) is 38.0 Å². The number of hydrogen-bond donors (Lipinski definition) is 2. The molecule has 1 aliphatic rings. The molecule has 0 aromatic rings. The van der Waals surface area contributed by atoms with Crippen LogP contribution in [0, 0.1) is 17.8 Å². The van der Waals surface area contributed by atoms with E-state index in [0.29, 0.717) is 24.7 Å². The molecule has 1 amide bonds. The zero-order chi connectivity index (χ0) is 21.7. The number of amides is 1. The Morgan fingerprint density at radius 1 is 1.21 bits per heavy atom. The zero-order valence-corrected chi connectivity index (χ0v) is 19.0. The second-order valence-electron chi connectivity index (χ2n) is 8.95. The molecule has 0 saturated heterocycles. The van der Waals surface area contributed by atoms with Gasteiger partial charge in [-0.15, -0.1) is 0 Å². The fourth-order valence-electron chi connectivity index (χ4n) is 4.26. The third-order valence-electron chi connectivity index (χ3n) is 6.12. The van der Waals surface area contributed by atoms with Crippen molar-refractivity contribution < 1.29 is 19.4 Å². The molecule has 1 rings (SSSR count). The molecule has 0 aromatic carbocycles. The van der Waals surface area contributed by atoms with Crippen LogP contribution in [-0.4, -0.2) is 36.2 Å². The van der Waals surface area contributed by atoms with Crippen molar-refractivity contribution in [3.8, 4) is 0 Å². The average Bonchev–Trinajstić information content (AvgIpc) is 2.94. The van der Waals surface area contributed by atoms with Crippen LogP contribution in [0.4, 0.5) is 4.79 Å². The maximum absolute atomic E-state index is 12.5. The fourth-order valence-corrected chi connectivity index (χ4v) is 4.26. The van der Waals surface area contributed by atoms with E-state index in [2.05, 4.69) is 25.2 Å². The number of hydrogen-bond acceptors (Lipinski definition) is 4. The average molecular weight is 410 g/mol. The Balaban J connectivity index is 2.36. The first-order valence-corrected chi connectivity index (χ1v) is 11.6. The molecule has 5 heteroatoms. The Labute approximate surface area is 177 Å². The van der Waals surface area contributed by atoms with Crippen LogP contribution in [-0.2, 0) is 9.53 Å². The van der Waals surface area contributed by atoms with Crippen molar-refractivity contribution in [3.63, 3.8) is 0 Å². The van der Waals surface area contributed by atoms with Crippen LogP contribution in [0.5, 0.6) is 0 Å². The summed E-state index contributed by atoms with van der Waals surface area (Å²) in [7, 11) is 1.56. The van der Waals surface area contributed by atoms with Crippen molar-refractivity contribution >= 4 is 11.9 Å². The summed E-state index contributed by atoms with van der Waals surface area (Å²) in [5.74, 6) is 1.10. The van der Waals surface area contributed by atoms with Crippen LogP contribution in [0.25, 0.3) is 0 Å². The number of aliphatic hydroxyl groups is 1. The highest BCUT2D eigenvalue weighted by molar-refractivity contribution is 5.84. The van der Waals surface area contributed by atoms with E-state index in [9.17, 15) is 14.7 Å². The van der Waals surface area contributed by atoms with Gasteiger partial charge in [-0.3, -0.25) is 4.79 Å². The highest BCUT2D eigenvalue weighted by Crippen LogP contribution is 2.38. The monoisotopic (exact) mass is 409 g/mol. The number of ether oxygens (including phenoxy) is 1. The molecule has 0 radical (unpaired) electrons. The Kier molecular flexibility index (Phi) is 12.2. The van der Waals surface area contributed by atoms with Gasteiger partial charge in [-0.2, -0.15) is 0 Å². The largest absolute Gasteiger partial charge is 0.450 e. The van der Waals surface area contributed by atoms with Crippen LogP contribution < -0.4 is 5.32 Å². The predicted molar refractivity (Wildman–Crippen MR) is 118 cm³/mol. The first-order valence-electron chi connectivity index (χ1n) is 11.6. The van der Waals surface area contributed by atoms with Gasteiger partial charge in [0.25, 0.3) is 0 Å². The van der Waals surface area contributed by atoms with E-state index in [1.54, 1.807) is 7.05 Å². The van der Waals surface area contributed by atoms with Gasteiger partial charge < -0.3 is 15.2 Å². The molecule has 4 atom stereocenters. The number of rotatable bonds is 14. The predicted octanol–water partition coefficient (Wildman–Crippen LogP) is 5.41. The van der Waals surface area contributed by atoms with Crippen LogP contribution in [0.3, 0.4) is 0 Å². The molecule has 0 spiro atoms. The van der Waals surface area contributed by atoms with E-state index in [1.165, 1.54) is 0 Å². The molecular formula is C24H43NO4. The second kappa shape index (κ2) is 13.8. The van der Waals surface area contributed by atoms with Crippen LogP contribution >= 0.6 is 0 Å². The molecule has 29 heavy (non-hydrogen) atoms. The minimum Gasteiger partial charge on any atom is -0.450 e. The summed E-state index contributed by atoms with van der Waals surface area (Å²) in [6.07, 6.45) is 14.6. The lowest BCUT2D eigenvalue weighted by Crippen LogP contribution is -2.22. The third kappa shape index (κ3) is 10.3. The number of ketones is 1. The summed E-state index contributed by atoms with van der Waals surface area (Å²) in [6.45, 7) is 6.66. The van der Waals surface area contributed by atoms with Crippen molar-refractivity contribution in [2.24, 2.45) is 17.8 Å². The molecule has 0 heterocycles. The Hall–Kier alpha value is -1.36. The SMILES string of the molecule is CCCCC[C@](C)(O)/C=C/[C@H]1[C@H](C)CC(=O)[C@@H]1CCCCCCCOC(=O)NC. The van der Waals surface area contributed by atoms with Crippen molar-refractivity contribution in [1.82, 2.24) is 5.32 Å². The quantitative estimate of drug-likeness (QED) is 0.297. The maximum atomic E-state index is 12.5. The van der Waals surface area contributed by atoms with E-state index < -0.39 is 5.60 Å². The first-order chi connectivity index (χ1) is 13.8. The molecule has 0 bridgehead atoms. The summed E-state index contributed by atoms with van der Waals surface area (Å²) in [5, 5.41) is 13.0. The number of carbonyl (C=O) groups is 2. The lowest BCUT2D eigenvalue weighted by atomic mass is 9.84. The van der Waals surface area contributed by atoms with Gasteiger partial charge in [0.1, 0.15) is 5.78 Å². The molecular weight excluding hydrogens is 366 g/mol. The van der Waals surface area contributed by atoms with Crippen molar-refractivity contribution in [3.05, 3.63) is 12.2 Å². The van der Waals surface area contributed by atoms with E-state index >= 15 is 0 Å². The number of alkyl carbamates (subject to hydrolysis) is 1. The molecule has 1 saturated carbocycles. The van der Waals surface area contributed by atoms with Crippen LogP contribution in [0.1, 0.15) is 91.4 Å². The standard InChI is InChI=1S/C24H43NO4/c1-5-6-11-15-24(3,28)16-14-20-19(2)18-22(26)21(20)13-10-8-7-9-12-17-29-23(27)25-4/h14,16,19-21,28H,5-13,15,17-18H2,1-4H3,(H,25,27)/b16-14+/t19-,20+,21-,24+/m1/s1. The van der Waals surface area contributed by atoms with Gasteiger partial charge >= 0.3 is 6.09 Å². The summed E-state index contributed by atoms with van der Waals surface area (Å²) in [6, 6.07) is 0. The minimum absolute atomic E-state index is 0.101. The van der Waals surface area contributed by atoms with Crippen LogP contribution in [0.2, 0.25) is 0 Å². The summed E-state index contributed by atoms with van der Waals surface area (Å²) < 4.78 is 4.98. The number of carbonyl (C=O) groups excluding carboxylic acids is 2. The van der Waals surface area contributed by atoms with E-state index in [-0.39, 0.29) is 17.9 Å². The van der Waals surface area contributed by atoms with E-state index in [4.69, 9.17) is 4.74 Å².